The molecule has 9 heteroatoms. The number of anilines is 1. The summed E-state index contributed by atoms with van der Waals surface area (Å²) in [5.74, 6) is -0.664. The number of benzene rings is 2. The Morgan fingerprint density at radius 2 is 2.06 bits per heavy atom. The van der Waals surface area contributed by atoms with Gasteiger partial charge in [-0.25, -0.2) is 4.39 Å². The zero-order valence-corrected chi connectivity index (χ0v) is 21.9. The van der Waals surface area contributed by atoms with Crippen LogP contribution >= 0.6 is 27.7 Å². The summed E-state index contributed by atoms with van der Waals surface area (Å²) >= 11 is 4.65. The van der Waals surface area contributed by atoms with Crippen LogP contribution in [0.25, 0.3) is 10.9 Å². The second kappa shape index (κ2) is 11.0. The molecule has 35 heavy (non-hydrogen) atoms. The topological polar surface area (TPSA) is 88.3 Å². The lowest BCUT2D eigenvalue weighted by Gasteiger charge is -2.23. The third-order valence-corrected chi connectivity index (χ3v) is 7.87. The summed E-state index contributed by atoms with van der Waals surface area (Å²) in [6.45, 7) is 1.50. The number of hydrogen-bond donors (Lipinski definition) is 2. The highest BCUT2D eigenvalue weighted by molar-refractivity contribution is 9.10. The molecular formula is C26H26BrFN2O4S. The average Bonchev–Trinajstić information content (AvgIpc) is 3.37. The van der Waals surface area contributed by atoms with Crippen LogP contribution in [0.4, 0.5) is 10.2 Å². The molecule has 1 amide bonds. The highest BCUT2D eigenvalue weighted by atomic mass is 79.9. The monoisotopic (exact) mass is 560 g/mol. The van der Waals surface area contributed by atoms with Crippen LogP contribution in [-0.4, -0.2) is 34.8 Å². The number of halogens is 2. The number of carbonyl (C=O) groups is 3. The summed E-state index contributed by atoms with van der Waals surface area (Å²) < 4.78 is 19.6. The number of ether oxygens (including phenoxy) is 1. The van der Waals surface area contributed by atoms with E-state index in [0.29, 0.717) is 29.1 Å². The molecule has 1 heterocycles. The fraction of sp³-hybridized carbons (Fsp3) is 0.346. The quantitative estimate of drug-likeness (QED) is 0.343. The molecule has 0 bridgehead atoms. The Balaban J connectivity index is 1.65. The van der Waals surface area contributed by atoms with Crippen LogP contribution in [0.15, 0.2) is 40.9 Å². The first kappa shape index (κ1) is 25.4. The maximum atomic E-state index is 13.9. The molecule has 1 aliphatic rings. The van der Waals surface area contributed by atoms with Crippen molar-refractivity contribution in [3.8, 4) is 0 Å². The van der Waals surface area contributed by atoms with Gasteiger partial charge in [0.25, 0.3) is 0 Å². The number of rotatable bonds is 8. The van der Waals surface area contributed by atoms with Gasteiger partial charge in [0.05, 0.1) is 18.5 Å². The fourth-order valence-electron chi connectivity index (χ4n) is 4.76. The molecule has 0 fully saturated rings. The number of nitrogens with one attached hydrogen (secondary N) is 2. The van der Waals surface area contributed by atoms with Crippen molar-refractivity contribution >= 4 is 61.4 Å². The van der Waals surface area contributed by atoms with E-state index in [9.17, 15) is 18.8 Å². The van der Waals surface area contributed by atoms with Crippen LogP contribution in [0.1, 0.15) is 42.4 Å². The van der Waals surface area contributed by atoms with E-state index in [1.54, 1.807) is 6.07 Å². The zero-order valence-electron chi connectivity index (χ0n) is 19.5. The second-order valence-corrected chi connectivity index (χ2v) is 10.7. The first-order valence-corrected chi connectivity index (χ1v) is 13.1. The standard InChI is InChI=1S/C26H26BrFN2O4S/c1-14(31)35-13-22(19-6-3-15-11-16(27)4-7-18(15)19)26(33)30-25-21(9-10-24(32)34-2)20-8-5-17(28)12-23(20)29-25/h4-5,7-8,11-12,19,22,29H,3,6,9-10,13H2,1-2H3,(H,30,33). The molecule has 0 radical (unpaired) electrons. The van der Waals surface area contributed by atoms with Crippen LogP contribution < -0.4 is 5.32 Å². The second-order valence-electron chi connectivity index (χ2n) is 8.63. The lowest BCUT2D eigenvalue weighted by Crippen LogP contribution is -2.30. The lowest BCUT2D eigenvalue weighted by molar-refractivity contribution is -0.140. The minimum Gasteiger partial charge on any atom is -0.469 e. The molecule has 0 aliphatic heterocycles. The van der Waals surface area contributed by atoms with Crippen LogP contribution in [0.2, 0.25) is 0 Å². The molecule has 1 aromatic heterocycles. The molecule has 4 rings (SSSR count). The fourth-order valence-corrected chi connectivity index (χ4v) is 5.96. The first-order chi connectivity index (χ1) is 16.8. The number of esters is 1. The van der Waals surface area contributed by atoms with Crippen LogP contribution in [-0.2, 0) is 32.0 Å². The van der Waals surface area contributed by atoms with Gasteiger partial charge in [-0.1, -0.05) is 33.8 Å². The number of aromatic amines is 1. The first-order valence-electron chi connectivity index (χ1n) is 11.4. The number of methoxy groups -OCH3 is 1. The van der Waals surface area contributed by atoms with E-state index in [-0.39, 0.29) is 29.3 Å². The predicted octanol–water partition coefficient (Wildman–Crippen LogP) is 5.74. The maximum Gasteiger partial charge on any atom is 0.305 e. The molecule has 0 saturated carbocycles. The third-order valence-electron chi connectivity index (χ3n) is 6.44. The van der Waals surface area contributed by atoms with E-state index in [2.05, 4.69) is 32.3 Å². The van der Waals surface area contributed by atoms with Gasteiger partial charge in [-0.2, -0.15) is 0 Å². The van der Waals surface area contributed by atoms with E-state index in [4.69, 9.17) is 4.74 Å². The van der Waals surface area contributed by atoms with Crippen molar-refractivity contribution in [2.24, 2.45) is 5.92 Å². The van der Waals surface area contributed by atoms with Crippen molar-refractivity contribution in [3.05, 3.63) is 63.4 Å². The Hall–Kier alpha value is -2.65. The van der Waals surface area contributed by atoms with Crippen molar-refractivity contribution in [3.63, 3.8) is 0 Å². The average molecular weight is 561 g/mol. The van der Waals surface area contributed by atoms with Crippen molar-refractivity contribution in [1.29, 1.82) is 0 Å². The largest absolute Gasteiger partial charge is 0.469 e. The summed E-state index contributed by atoms with van der Waals surface area (Å²) in [6, 6.07) is 10.5. The summed E-state index contributed by atoms with van der Waals surface area (Å²) in [6.07, 6.45) is 2.12. The molecule has 2 aromatic carbocycles. The molecule has 2 atom stereocenters. The minimum absolute atomic E-state index is 0.0229. The lowest BCUT2D eigenvalue weighted by atomic mass is 9.87. The van der Waals surface area contributed by atoms with Crippen LogP contribution in [0.3, 0.4) is 0 Å². The van der Waals surface area contributed by atoms with Crippen LogP contribution in [0.5, 0.6) is 0 Å². The molecule has 0 saturated heterocycles. The Morgan fingerprint density at radius 3 is 2.80 bits per heavy atom. The smallest absolute Gasteiger partial charge is 0.305 e. The van der Waals surface area contributed by atoms with Crippen LogP contribution in [0, 0.1) is 11.7 Å². The molecule has 6 nitrogen and oxygen atoms in total. The molecule has 0 spiro atoms. The Labute approximate surface area is 215 Å². The number of H-pyrrole nitrogens is 1. The minimum atomic E-state index is -0.442. The maximum absolute atomic E-state index is 13.9. The summed E-state index contributed by atoms with van der Waals surface area (Å²) in [5, 5.41) is 3.69. The number of amides is 1. The summed E-state index contributed by atoms with van der Waals surface area (Å²) in [4.78, 5) is 40.3. The number of hydrogen-bond acceptors (Lipinski definition) is 5. The van der Waals surface area contributed by atoms with Crippen molar-refractivity contribution < 1.29 is 23.5 Å². The van der Waals surface area contributed by atoms with E-state index in [0.717, 1.165) is 40.0 Å². The SMILES string of the molecule is COC(=O)CCc1c(NC(=O)C(CSC(C)=O)C2CCc3cc(Br)ccc32)[nH]c2cc(F)ccc12. The molecular weight excluding hydrogens is 535 g/mol. The molecule has 2 unspecified atom stereocenters. The van der Waals surface area contributed by atoms with E-state index >= 15 is 0 Å². The van der Waals surface area contributed by atoms with Gasteiger partial charge in [-0.15, -0.1) is 0 Å². The number of aromatic nitrogens is 1. The van der Waals surface area contributed by atoms with Gasteiger partial charge in [-0.3, -0.25) is 14.4 Å². The highest BCUT2D eigenvalue weighted by Crippen LogP contribution is 2.41. The number of aryl methyl sites for hydroxylation is 2. The van der Waals surface area contributed by atoms with Gasteiger partial charge in [0.2, 0.25) is 5.91 Å². The van der Waals surface area contributed by atoms with Crippen molar-refractivity contribution in [2.75, 3.05) is 18.2 Å². The molecule has 184 valence electrons. The Morgan fingerprint density at radius 1 is 1.26 bits per heavy atom. The third kappa shape index (κ3) is 5.78. The molecule has 1 aliphatic carbocycles. The van der Waals surface area contributed by atoms with E-state index in [1.165, 1.54) is 31.7 Å². The molecule has 2 N–H and O–H groups in total. The number of fused-ring (bicyclic) bond motifs is 2. The van der Waals surface area contributed by atoms with E-state index < -0.39 is 11.7 Å². The normalized spacial score (nSPS) is 15.6. The van der Waals surface area contributed by atoms with Gasteiger partial charge in [0, 0.05) is 34.5 Å². The molecule has 3 aromatic rings. The highest BCUT2D eigenvalue weighted by Gasteiger charge is 2.35. The van der Waals surface area contributed by atoms with Gasteiger partial charge < -0.3 is 15.0 Å². The zero-order chi connectivity index (χ0) is 25.1. The summed E-state index contributed by atoms with van der Waals surface area (Å²) in [5.41, 5.74) is 3.58. The van der Waals surface area contributed by atoms with Gasteiger partial charge in [0.15, 0.2) is 5.12 Å². The van der Waals surface area contributed by atoms with Gasteiger partial charge in [0.1, 0.15) is 11.6 Å². The van der Waals surface area contributed by atoms with E-state index in [1.807, 2.05) is 12.1 Å². The van der Waals surface area contributed by atoms with Gasteiger partial charge in [-0.05, 0) is 66.6 Å². The van der Waals surface area contributed by atoms with Crippen molar-refractivity contribution in [1.82, 2.24) is 4.98 Å². The Kier molecular flexibility index (Phi) is 7.96. The van der Waals surface area contributed by atoms with Crippen molar-refractivity contribution in [2.45, 2.75) is 38.5 Å². The Bertz CT molecular complexity index is 1290. The van der Waals surface area contributed by atoms with Gasteiger partial charge >= 0.3 is 5.97 Å². The predicted molar refractivity (Wildman–Crippen MR) is 139 cm³/mol. The number of carbonyl (C=O) groups excluding carboxylic acids is 3. The number of thioether (sulfide) groups is 1. The summed E-state index contributed by atoms with van der Waals surface area (Å²) in [7, 11) is 1.32.